The van der Waals surface area contributed by atoms with Gasteiger partial charge in [-0.25, -0.2) is 8.42 Å². The van der Waals surface area contributed by atoms with E-state index >= 15 is 0 Å². The Hall–Kier alpha value is -1.64. The van der Waals surface area contributed by atoms with Crippen molar-refractivity contribution in [2.24, 2.45) is 7.05 Å². The third-order valence-corrected chi connectivity index (χ3v) is 3.86. The number of hydrogen-bond donors (Lipinski definition) is 1. The van der Waals surface area contributed by atoms with E-state index in [1.165, 1.54) is 10.9 Å². The van der Waals surface area contributed by atoms with E-state index in [1.807, 2.05) is 0 Å². The standard InChI is InChI=1S/C8H14N4O4S/c1-3-17(15,16)5-4-9-8-7(12(13)14)6-11(2)10-8/h6H,3-5H2,1-2H3,(H,9,10). The second-order valence-electron chi connectivity index (χ2n) is 3.46. The predicted octanol–water partition coefficient (Wildman–Crippen LogP) is 0.175. The van der Waals surface area contributed by atoms with Crippen LogP contribution in [-0.2, 0) is 16.9 Å². The van der Waals surface area contributed by atoms with E-state index in [0.717, 1.165) is 0 Å². The molecule has 0 amide bonds. The van der Waals surface area contributed by atoms with Crippen LogP contribution in [0.25, 0.3) is 0 Å². The molecular formula is C8H14N4O4S. The van der Waals surface area contributed by atoms with Crippen molar-refractivity contribution in [1.29, 1.82) is 0 Å². The van der Waals surface area contributed by atoms with Gasteiger partial charge in [0.05, 0.1) is 10.7 Å². The molecule has 1 aromatic heterocycles. The Bertz CT molecular complexity index is 508. The van der Waals surface area contributed by atoms with Gasteiger partial charge in [0.1, 0.15) is 6.20 Å². The second kappa shape index (κ2) is 5.13. The minimum atomic E-state index is -3.08. The number of aromatic nitrogens is 2. The van der Waals surface area contributed by atoms with Crippen molar-refractivity contribution in [2.45, 2.75) is 6.92 Å². The first kappa shape index (κ1) is 13.4. The number of nitro groups is 1. The highest BCUT2D eigenvalue weighted by molar-refractivity contribution is 7.91. The molecule has 0 aromatic carbocycles. The van der Waals surface area contributed by atoms with Gasteiger partial charge in [-0.3, -0.25) is 14.8 Å². The monoisotopic (exact) mass is 262 g/mol. The number of anilines is 1. The Morgan fingerprint density at radius 1 is 1.59 bits per heavy atom. The maximum atomic E-state index is 11.2. The van der Waals surface area contributed by atoms with Crippen LogP contribution in [0.2, 0.25) is 0 Å². The summed E-state index contributed by atoms with van der Waals surface area (Å²) >= 11 is 0. The molecule has 1 rings (SSSR count). The molecule has 0 aliphatic carbocycles. The third-order valence-electron chi connectivity index (χ3n) is 2.15. The van der Waals surface area contributed by atoms with Gasteiger partial charge >= 0.3 is 5.69 Å². The minimum Gasteiger partial charge on any atom is -0.362 e. The van der Waals surface area contributed by atoms with Crippen molar-refractivity contribution in [3.63, 3.8) is 0 Å². The molecule has 0 fully saturated rings. The molecule has 0 aliphatic rings. The molecule has 0 spiro atoms. The molecule has 0 saturated carbocycles. The van der Waals surface area contributed by atoms with Crippen LogP contribution in [0.15, 0.2) is 6.20 Å². The van der Waals surface area contributed by atoms with Gasteiger partial charge in [0.15, 0.2) is 9.84 Å². The summed E-state index contributed by atoms with van der Waals surface area (Å²) < 4.78 is 23.7. The van der Waals surface area contributed by atoms with Crippen LogP contribution in [0.3, 0.4) is 0 Å². The zero-order valence-electron chi connectivity index (χ0n) is 9.58. The fourth-order valence-electron chi connectivity index (χ4n) is 1.20. The largest absolute Gasteiger partial charge is 0.362 e. The van der Waals surface area contributed by atoms with E-state index in [-0.39, 0.29) is 29.6 Å². The van der Waals surface area contributed by atoms with E-state index in [4.69, 9.17) is 0 Å². The molecule has 8 nitrogen and oxygen atoms in total. The average Bonchev–Trinajstić information content (AvgIpc) is 2.60. The minimum absolute atomic E-state index is 0.0546. The van der Waals surface area contributed by atoms with Crippen molar-refractivity contribution in [3.8, 4) is 0 Å². The lowest BCUT2D eigenvalue weighted by molar-refractivity contribution is -0.384. The smallest absolute Gasteiger partial charge is 0.330 e. The Balaban J connectivity index is 2.67. The highest BCUT2D eigenvalue weighted by atomic mass is 32.2. The zero-order valence-corrected chi connectivity index (χ0v) is 10.4. The fourth-order valence-corrected chi connectivity index (χ4v) is 1.91. The lowest BCUT2D eigenvalue weighted by Gasteiger charge is -2.02. The first-order valence-corrected chi connectivity index (χ1v) is 6.80. The Morgan fingerprint density at radius 3 is 2.76 bits per heavy atom. The van der Waals surface area contributed by atoms with Gasteiger partial charge in [0, 0.05) is 19.3 Å². The van der Waals surface area contributed by atoms with Crippen LogP contribution >= 0.6 is 0 Å². The maximum absolute atomic E-state index is 11.2. The molecule has 0 radical (unpaired) electrons. The van der Waals surface area contributed by atoms with Crippen LogP contribution in [0.5, 0.6) is 0 Å². The number of nitrogens with zero attached hydrogens (tertiary/aromatic N) is 3. The molecular weight excluding hydrogens is 248 g/mol. The van der Waals surface area contributed by atoms with E-state index in [2.05, 4.69) is 10.4 Å². The third kappa shape index (κ3) is 3.70. The lowest BCUT2D eigenvalue weighted by atomic mass is 10.5. The van der Waals surface area contributed by atoms with Gasteiger partial charge in [-0.2, -0.15) is 0 Å². The van der Waals surface area contributed by atoms with Gasteiger partial charge in [0.25, 0.3) is 0 Å². The highest BCUT2D eigenvalue weighted by Gasteiger charge is 2.18. The number of aryl methyl sites for hydroxylation is 1. The average molecular weight is 262 g/mol. The molecule has 0 saturated heterocycles. The first-order valence-electron chi connectivity index (χ1n) is 4.98. The normalized spacial score (nSPS) is 11.4. The lowest BCUT2D eigenvalue weighted by Crippen LogP contribution is -2.17. The van der Waals surface area contributed by atoms with Gasteiger partial charge in [0.2, 0.25) is 5.82 Å². The van der Waals surface area contributed by atoms with Crippen molar-refractivity contribution in [2.75, 3.05) is 23.4 Å². The molecule has 96 valence electrons. The van der Waals surface area contributed by atoms with Crippen LogP contribution < -0.4 is 5.32 Å². The van der Waals surface area contributed by atoms with Crippen molar-refractivity contribution < 1.29 is 13.3 Å². The Kier molecular flexibility index (Phi) is 4.05. The quantitative estimate of drug-likeness (QED) is 0.578. The molecule has 0 atom stereocenters. The summed E-state index contributed by atoms with van der Waals surface area (Å²) in [6, 6.07) is 0. The van der Waals surface area contributed by atoms with Crippen LogP contribution in [0.4, 0.5) is 11.5 Å². The molecule has 1 heterocycles. The van der Waals surface area contributed by atoms with Gasteiger partial charge < -0.3 is 5.32 Å². The molecule has 0 unspecified atom stereocenters. The SMILES string of the molecule is CCS(=O)(=O)CCNc1nn(C)cc1[N+](=O)[O-]. The summed E-state index contributed by atoms with van der Waals surface area (Å²) in [5, 5.41) is 17.1. The summed E-state index contributed by atoms with van der Waals surface area (Å²) in [4.78, 5) is 10.1. The van der Waals surface area contributed by atoms with Crippen LogP contribution in [0, 0.1) is 10.1 Å². The van der Waals surface area contributed by atoms with Crippen LogP contribution in [0.1, 0.15) is 6.92 Å². The van der Waals surface area contributed by atoms with E-state index in [1.54, 1.807) is 14.0 Å². The molecule has 0 aliphatic heterocycles. The number of hydrogen-bond acceptors (Lipinski definition) is 6. The summed E-state index contributed by atoms with van der Waals surface area (Å²) in [5.41, 5.74) is -0.165. The van der Waals surface area contributed by atoms with Crippen LogP contribution in [-0.4, -0.2) is 41.2 Å². The zero-order chi connectivity index (χ0) is 13.1. The van der Waals surface area contributed by atoms with E-state index in [0.29, 0.717) is 0 Å². The predicted molar refractivity (Wildman–Crippen MR) is 62.7 cm³/mol. The van der Waals surface area contributed by atoms with Gasteiger partial charge in [-0.15, -0.1) is 5.10 Å². The molecule has 17 heavy (non-hydrogen) atoms. The highest BCUT2D eigenvalue weighted by Crippen LogP contribution is 2.20. The van der Waals surface area contributed by atoms with Crippen molar-refractivity contribution >= 4 is 21.3 Å². The summed E-state index contributed by atoms with van der Waals surface area (Å²) in [6.07, 6.45) is 1.26. The Morgan fingerprint density at radius 2 is 2.24 bits per heavy atom. The molecule has 1 aromatic rings. The fraction of sp³-hybridized carbons (Fsp3) is 0.625. The van der Waals surface area contributed by atoms with Crippen molar-refractivity contribution in [1.82, 2.24) is 9.78 Å². The Labute approximate surface area is 98.7 Å². The van der Waals surface area contributed by atoms with Gasteiger partial charge in [-0.1, -0.05) is 6.92 Å². The molecule has 9 heteroatoms. The van der Waals surface area contributed by atoms with Crippen molar-refractivity contribution in [3.05, 3.63) is 16.3 Å². The topological polar surface area (TPSA) is 107 Å². The summed E-state index contributed by atoms with van der Waals surface area (Å²) in [5.74, 6) is 0.0692. The molecule has 0 bridgehead atoms. The first-order chi connectivity index (χ1) is 7.85. The summed E-state index contributed by atoms with van der Waals surface area (Å²) in [7, 11) is -1.53. The maximum Gasteiger partial charge on any atom is 0.330 e. The number of nitrogens with one attached hydrogen (secondary N) is 1. The second-order valence-corrected chi connectivity index (χ2v) is 5.93. The van der Waals surface area contributed by atoms with E-state index in [9.17, 15) is 18.5 Å². The van der Waals surface area contributed by atoms with Gasteiger partial charge in [-0.05, 0) is 0 Å². The van der Waals surface area contributed by atoms with E-state index < -0.39 is 14.8 Å². The number of sulfone groups is 1. The molecule has 1 N–H and O–H groups in total. The summed E-state index contributed by atoms with van der Waals surface area (Å²) in [6.45, 7) is 1.66. The number of rotatable bonds is 6.